The van der Waals surface area contributed by atoms with Crippen LogP contribution in [-0.2, 0) is 6.42 Å². The molecule has 0 saturated heterocycles. The molecule has 0 heterocycles. The molecule has 0 unspecified atom stereocenters. The second-order valence-electron chi connectivity index (χ2n) is 7.29. The molecule has 1 aromatic carbocycles. The Kier molecular flexibility index (Phi) is 4.87. The normalized spacial score (nSPS) is 20.3. The molecule has 0 radical (unpaired) electrons. The maximum Gasteiger partial charge on any atom is 0.122 e. The Hall–Kier alpha value is -0.980. The SMILES string of the molecule is Cc1c(CC2CCCC2)ccc(OCC2CCCC2)c1C. The van der Waals surface area contributed by atoms with Crippen molar-refractivity contribution in [3.8, 4) is 5.75 Å². The molecule has 0 spiro atoms. The van der Waals surface area contributed by atoms with Gasteiger partial charge in [-0.2, -0.15) is 0 Å². The van der Waals surface area contributed by atoms with Crippen molar-refractivity contribution in [1.82, 2.24) is 0 Å². The molecule has 0 bridgehead atoms. The van der Waals surface area contributed by atoms with Crippen LogP contribution in [0.25, 0.3) is 0 Å². The molecule has 3 rings (SSSR count). The summed E-state index contributed by atoms with van der Waals surface area (Å²) in [6, 6.07) is 4.55. The summed E-state index contributed by atoms with van der Waals surface area (Å²) in [4.78, 5) is 0. The van der Waals surface area contributed by atoms with Gasteiger partial charge in [0.15, 0.2) is 0 Å². The van der Waals surface area contributed by atoms with Crippen LogP contribution >= 0.6 is 0 Å². The lowest BCUT2D eigenvalue weighted by molar-refractivity contribution is 0.250. The molecule has 2 aliphatic rings. The fourth-order valence-electron chi connectivity index (χ4n) is 4.14. The molecule has 0 atom stereocenters. The third-order valence-corrected chi connectivity index (χ3v) is 5.78. The van der Waals surface area contributed by atoms with Gasteiger partial charge in [-0.3, -0.25) is 0 Å². The standard InChI is InChI=1S/C20H30O/c1-15-16(2)20(21-14-18-9-5-6-10-18)12-11-19(15)13-17-7-3-4-8-17/h11-12,17-18H,3-10,13-14H2,1-2H3. The van der Waals surface area contributed by atoms with Gasteiger partial charge in [0.1, 0.15) is 5.75 Å². The predicted molar refractivity (Wildman–Crippen MR) is 89.0 cm³/mol. The monoisotopic (exact) mass is 286 g/mol. The lowest BCUT2D eigenvalue weighted by atomic mass is 9.92. The first-order valence-corrected chi connectivity index (χ1v) is 8.96. The van der Waals surface area contributed by atoms with Crippen molar-refractivity contribution >= 4 is 0 Å². The van der Waals surface area contributed by atoms with E-state index in [9.17, 15) is 0 Å². The summed E-state index contributed by atoms with van der Waals surface area (Å²) in [5.41, 5.74) is 4.38. The minimum atomic E-state index is 0.794. The second kappa shape index (κ2) is 6.85. The van der Waals surface area contributed by atoms with Crippen molar-refractivity contribution in [1.29, 1.82) is 0 Å². The molecule has 21 heavy (non-hydrogen) atoms. The highest BCUT2D eigenvalue weighted by Crippen LogP contribution is 2.32. The van der Waals surface area contributed by atoms with Crippen LogP contribution in [0.4, 0.5) is 0 Å². The van der Waals surface area contributed by atoms with Gasteiger partial charge in [-0.25, -0.2) is 0 Å². The van der Waals surface area contributed by atoms with Crippen molar-refractivity contribution in [2.24, 2.45) is 11.8 Å². The van der Waals surface area contributed by atoms with E-state index in [1.165, 1.54) is 68.9 Å². The van der Waals surface area contributed by atoms with E-state index < -0.39 is 0 Å². The van der Waals surface area contributed by atoms with Crippen LogP contribution in [-0.4, -0.2) is 6.61 Å². The van der Waals surface area contributed by atoms with Gasteiger partial charge in [-0.05, 0) is 67.7 Å². The molecule has 116 valence electrons. The van der Waals surface area contributed by atoms with E-state index >= 15 is 0 Å². The Morgan fingerprint density at radius 1 is 0.857 bits per heavy atom. The minimum absolute atomic E-state index is 0.794. The lowest BCUT2D eigenvalue weighted by Crippen LogP contribution is -2.10. The first-order chi connectivity index (χ1) is 10.2. The molecule has 1 aromatic rings. The van der Waals surface area contributed by atoms with Crippen LogP contribution in [0.2, 0.25) is 0 Å². The van der Waals surface area contributed by atoms with Gasteiger partial charge < -0.3 is 4.74 Å². The van der Waals surface area contributed by atoms with Gasteiger partial charge in [0.05, 0.1) is 6.61 Å². The average Bonchev–Trinajstić information content (AvgIpc) is 3.16. The van der Waals surface area contributed by atoms with Crippen LogP contribution in [0.3, 0.4) is 0 Å². The van der Waals surface area contributed by atoms with E-state index in [1.54, 1.807) is 5.56 Å². The van der Waals surface area contributed by atoms with E-state index in [0.717, 1.165) is 24.2 Å². The number of ether oxygens (including phenoxy) is 1. The van der Waals surface area contributed by atoms with E-state index in [4.69, 9.17) is 4.74 Å². The maximum absolute atomic E-state index is 6.13. The molecule has 1 heteroatoms. The molecule has 2 fully saturated rings. The van der Waals surface area contributed by atoms with Crippen molar-refractivity contribution in [3.05, 3.63) is 28.8 Å². The fourth-order valence-corrected chi connectivity index (χ4v) is 4.14. The van der Waals surface area contributed by atoms with Crippen LogP contribution in [0.1, 0.15) is 68.1 Å². The van der Waals surface area contributed by atoms with E-state index in [1.807, 2.05) is 0 Å². The fraction of sp³-hybridized carbons (Fsp3) is 0.700. The summed E-state index contributed by atoms with van der Waals surface area (Å²) in [7, 11) is 0. The highest BCUT2D eigenvalue weighted by atomic mass is 16.5. The average molecular weight is 286 g/mol. The number of rotatable bonds is 5. The van der Waals surface area contributed by atoms with Crippen molar-refractivity contribution in [2.45, 2.75) is 71.6 Å². The summed E-state index contributed by atoms with van der Waals surface area (Å²) < 4.78 is 6.13. The first-order valence-electron chi connectivity index (χ1n) is 8.96. The smallest absolute Gasteiger partial charge is 0.122 e. The summed E-state index contributed by atoms with van der Waals surface area (Å²) in [6.07, 6.45) is 12.5. The predicted octanol–water partition coefficient (Wildman–Crippen LogP) is 5.61. The highest BCUT2D eigenvalue weighted by molar-refractivity contribution is 5.43. The van der Waals surface area contributed by atoms with Gasteiger partial charge in [0.2, 0.25) is 0 Å². The Morgan fingerprint density at radius 2 is 1.48 bits per heavy atom. The molecule has 2 saturated carbocycles. The summed E-state index contributed by atoms with van der Waals surface area (Å²) in [5.74, 6) is 2.84. The minimum Gasteiger partial charge on any atom is -0.493 e. The molecule has 1 nitrogen and oxygen atoms in total. The quantitative estimate of drug-likeness (QED) is 0.684. The highest BCUT2D eigenvalue weighted by Gasteiger charge is 2.19. The number of hydrogen-bond acceptors (Lipinski definition) is 1. The molecular weight excluding hydrogens is 256 g/mol. The summed E-state index contributed by atoms with van der Waals surface area (Å²) in [6.45, 7) is 5.43. The molecular formula is C20H30O. The number of benzene rings is 1. The lowest BCUT2D eigenvalue weighted by Gasteiger charge is -2.18. The Bertz CT molecular complexity index is 465. The summed E-state index contributed by atoms with van der Waals surface area (Å²) in [5, 5.41) is 0. The second-order valence-corrected chi connectivity index (χ2v) is 7.29. The molecule has 0 aromatic heterocycles. The zero-order chi connectivity index (χ0) is 14.7. The largest absolute Gasteiger partial charge is 0.493 e. The Morgan fingerprint density at radius 3 is 2.14 bits per heavy atom. The third kappa shape index (κ3) is 3.62. The molecule has 0 N–H and O–H groups in total. The zero-order valence-electron chi connectivity index (χ0n) is 13.8. The van der Waals surface area contributed by atoms with Crippen LogP contribution in [0.15, 0.2) is 12.1 Å². The van der Waals surface area contributed by atoms with Crippen LogP contribution in [0.5, 0.6) is 5.75 Å². The van der Waals surface area contributed by atoms with E-state index in [0.29, 0.717) is 0 Å². The van der Waals surface area contributed by atoms with E-state index in [-0.39, 0.29) is 0 Å². The van der Waals surface area contributed by atoms with Crippen molar-refractivity contribution in [3.63, 3.8) is 0 Å². The molecule has 2 aliphatic carbocycles. The van der Waals surface area contributed by atoms with Crippen molar-refractivity contribution in [2.75, 3.05) is 6.61 Å². The zero-order valence-corrected chi connectivity index (χ0v) is 13.8. The Balaban J connectivity index is 1.63. The first kappa shape index (κ1) is 14.9. The molecule has 0 aliphatic heterocycles. The van der Waals surface area contributed by atoms with Crippen molar-refractivity contribution < 1.29 is 4.74 Å². The summed E-state index contributed by atoms with van der Waals surface area (Å²) >= 11 is 0. The number of hydrogen-bond donors (Lipinski definition) is 0. The van der Waals surface area contributed by atoms with Gasteiger partial charge in [0, 0.05) is 0 Å². The maximum atomic E-state index is 6.13. The van der Waals surface area contributed by atoms with E-state index in [2.05, 4.69) is 26.0 Å². The van der Waals surface area contributed by atoms with Crippen LogP contribution < -0.4 is 4.74 Å². The molecule has 0 amide bonds. The Labute approximate surface area is 130 Å². The van der Waals surface area contributed by atoms with Gasteiger partial charge in [0.25, 0.3) is 0 Å². The van der Waals surface area contributed by atoms with Gasteiger partial charge >= 0.3 is 0 Å². The third-order valence-electron chi connectivity index (χ3n) is 5.78. The van der Waals surface area contributed by atoms with Gasteiger partial charge in [-0.1, -0.05) is 44.6 Å². The van der Waals surface area contributed by atoms with Crippen LogP contribution in [0, 0.1) is 25.7 Å². The van der Waals surface area contributed by atoms with Gasteiger partial charge in [-0.15, -0.1) is 0 Å². The topological polar surface area (TPSA) is 9.23 Å².